The van der Waals surface area contributed by atoms with E-state index < -0.39 is 11.8 Å². The number of nitrogens with zero attached hydrogens (tertiary/aromatic N) is 5. The summed E-state index contributed by atoms with van der Waals surface area (Å²) in [7, 11) is 0. The van der Waals surface area contributed by atoms with Crippen molar-refractivity contribution in [2.45, 2.75) is 64.1 Å². The molecule has 2 amide bonds. The zero-order valence-corrected chi connectivity index (χ0v) is 20.1. The van der Waals surface area contributed by atoms with Crippen molar-refractivity contribution in [2.24, 2.45) is 5.41 Å². The maximum Gasteiger partial charge on any atom is 0.282 e. The molecular formula is C25H28F2N6O3. The molecule has 2 aliphatic rings. The number of benzene rings is 1. The number of alkyl halides is 2. The van der Waals surface area contributed by atoms with E-state index in [1.54, 1.807) is 38.1 Å². The first-order chi connectivity index (χ1) is 17.2. The number of hydrogen-bond acceptors (Lipinski definition) is 6. The Morgan fingerprint density at radius 1 is 1.14 bits per heavy atom. The van der Waals surface area contributed by atoms with Crippen LogP contribution in [0.4, 0.5) is 8.78 Å². The zero-order valence-electron chi connectivity index (χ0n) is 20.1. The molecule has 3 aromatic rings. The number of para-hydroxylation sites is 1. The lowest BCUT2D eigenvalue weighted by Crippen LogP contribution is -2.55. The molecule has 2 aliphatic heterocycles. The molecule has 0 aliphatic carbocycles. The Labute approximate surface area is 206 Å². The lowest BCUT2D eigenvalue weighted by molar-refractivity contribution is -0.147. The number of halogens is 2. The predicted octanol–water partition coefficient (Wildman–Crippen LogP) is 3.02. The van der Waals surface area contributed by atoms with Gasteiger partial charge in [0.2, 0.25) is 5.91 Å². The molecule has 2 atom stereocenters. The minimum Gasteiger partial charge on any atom is -0.395 e. The second-order valence-electron chi connectivity index (χ2n) is 10.2. The number of rotatable bonds is 6. The molecule has 4 heterocycles. The van der Waals surface area contributed by atoms with E-state index in [0.29, 0.717) is 23.7 Å². The summed E-state index contributed by atoms with van der Waals surface area (Å²) in [5.41, 5.74) is -0.480. The van der Waals surface area contributed by atoms with Crippen LogP contribution in [0.2, 0.25) is 0 Å². The summed E-state index contributed by atoms with van der Waals surface area (Å²) in [4.78, 5) is 36.2. The van der Waals surface area contributed by atoms with Crippen LogP contribution < -0.4 is 5.32 Å². The summed E-state index contributed by atoms with van der Waals surface area (Å²) in [6.45, 7) is 3.27. The molecule has 0 spiro atoms. The van der Waals surface area contributed by atoms with Crippen LogP contribution in [0.15, 0.2) is 36.7 Å². The molecule has 1 aromatic carbocycles. The normalized spacial score (nSPS) is 21.8. The average Bonchev–Trinajstić information content (AvgIpc) is 3.39. The monoisotopic (exact) mass is 498 g/mol. The third kappa shape index (κ3) is 4.21. The van der Waals surface area contributed by atoms with Crippen LogP contribution in [0.25, 0.3) is 16.9 Å². The number of aromatic nitrogens is 4. The standard InChI is InChI=1S/C25H28F2N6O3/c1-25(2,13-34)23(36)32-16-7-8-17(32)10-15(9-16)30-22(35)14-11-28-24(29-12-14)33-19-6-4-3-5-18(19)20(31-33)21(26)27/h3-6,11-12,15-17,21,34H,7-10,13H2,1-2H3,(H,30,35)/t16-,17-/m0/s1. The Morgan fingerprint density at radius 2 is 1.78 bits per heavy atom. The van der Waals surface area contributed by atoms with E-state index in [2.05, 4.69) is 20.4 Å². The fourth-order valence-electron chi connectivity index (χ4n) is 5.26. The number of nitrogens with one attached hydrogen (secondary N) is 1. The molecule has 2 fully saturated rings. The predicted molar refractivity (Wildman–Crippen MR) is 127 cm³/mol. The Morgan fingerprint density at radius 3 is 2.39 bits per heavy atom. The SMILES string of the molecule is CC(C)(CO)C(=O)N1[C@H]2CC[C@H]1CC(NC(=O)c1cnc(-n3nc(C(F)F)c4ccccc43)nc1)C2. The van der Waals surface area contributed by atoms with Crippen molar-refractivity contribution in [1.29, 1.82) is 0 Å². The molecule has 190 valence electrons. The summed E-state index contributed by atoms with van der Waals surface area (Å²) >= 11 is 0. The Balaban J connectivity index is 1.28. The van der Waals surface area contributed by atoms with Gasteiger partial charge in [-0.2, -0.15) is 9.78 Å². The molecular weight excluding hydrogens is 470 g/mol. The van der Waals surface area contributed by atoms with Crippen LogP contribution in [0, 0.1) is 5.41 Å². The molecule has 2 bridgehead atoms. The van der Waals surface area contributed by atoms with Crippen molar-refractivity contribution in [3.05, 3.63) is 47.9 Å². The van der Waals surface area contributed by atoms with Crippen LogP contribution in [-0.2, 0) is 4.79 Å². The number of aliphatic hydroxyl groups excluding tert-OH is 1. The smallest absolute Gasteiger partial charge is 0.282 e. The summed E-state index contributed by atoms with van der Waals surface area (Å²) in [6.07, 6.45) is 3.00. The minimum absolute atomic E-state index is 0.0307. The number of aliphatic hydroxyl groups is 1. The third-order valence-electron chi connectivity index (χ3n) is 7.19. The molecule has 5 rings (SSSR count). The van der Waals surface area contributed by atoms with Crippen molar-refractivity contribution < 1.29 is 23.5 Å². The summed E-state index contributed by atoms with van der Waals surface area (Å²) < 4.78 is 28.1. The fourth-order valence-corrected chi connectivity index (χ4v) is 5.26. The van der Waals surface area contributed by atoms with E-state index >= 15 is 0 Å². The second-order valence-corrected chi connectivity index (χ2v) is 10.2. The molecule has 2 N–H and O–H groups in total. The minimum atomic E-state index is -2.74. The Hall–Kier alpha value is -3.47. The Bertz CT molecular complexity index is 1280. The van der Waals surface area contributed by atoms with Gasteiger partial charge in [0.25, 0.3) is 18.3 Å². The first-order valence-corrected chi connectivity index (χ1v) is 12.0. The van der Waals surface area contributed by atoms with Crippen LogP contribution in [0.5, 0.6) is 0 Å². The number of carbonyl (C=O) groups excluding carboxylic acids is 2. The Kier molecular flexibility index (Phi) is 6.19. The van der Waals surface area contributed by atoms with Crippen LogP contribution in [0.1, 0.15) is 62.0 Å². The van der Waals surface area contributed by atoms with E-state index in [4.69, 9.17) is 0 Å². The molecule has 2 saturated heterocycles. The van der Waals surface area contributed by atoms with Crippen molar-refractivity contribution in [3.8, 4) is 5.95 Å². The highest BCUT2D eigenvalue weighted by Crippen LogP contribution is 2.38. The van der Waals surface area contributed by atoms with Crippen molar-refractivity contribution in [1.82, 2.24) is 30.0 Å². The number of fused-ring (bicyclic) bond motifs is 3. The van der Waals surface area contributed by atoms with Crippen LogP contribution in [0.3, 0.4) is 0 Å². The maximum absolute atomic E-state index is 13.4. The lowest BCUT2D eigenvalue weighted by Gasteiger charge is -2.42. The van der Waals surface area contributed by atoms with E-state index in [1.165, 1.54) is 17.1 Å². The molecule has 0 radical (unpaired) electrons. The molecule has 2 aromatic heterocycles. The van der Waals surface area contributed by atoms with E-state index in [-0.39, 0.29) is 53.8 Å². The maximum atomic E-state index is 13.4. The largest absolute Gasteiger partial charge is 0.395 e. The van der Waals surface area contributed by atoms with Crippen molar-refractivity contribution in [2.75, 3.05) is 6.61 Å². The highest BCUT2D eigenvalue weighted by Gasteiger charge is 2.47. The van der Waals surface area contributed by atoms with Gasteiger partial charge in [0, 0.05) is 35.9 Å². The van der Waals surface area contributed by atoms with Crippen LogP contribution >= 0.6 is 0 Å². The van der Waals surface area contributed by atoms with Gasteiger partial charge in [-0.3, -0.25) is 9.59 Å². The molecule has 0 saturated carbocycles. The number of amides is 2. The van der Waals surface area contributed by atoms with Gasteiger partial charge in [-0.05, 0) is 45.6 Å². The number of piperidine rings is 1. The topological polar surface area (TPSA) is 113 Å². The molecule has 9 nitrogen and oxygen atoms in total. The third-order valence-corrected chi connectivity index (χ3v) is 7.19. The van der Waals surface area contributed by atoms with Crippen molar-refractivity contribution >= 4 is 22.7 Å². The van der Waals surface area contributed by atoms with Gasteiger partial charge in [-0.25, -0.2) is 18.7 Å². The van der Waals surface area contributed by atoms with Gasteiger partial charge in [0.05, 0.1) is 23.1 Å². The first-order valence-electron chi connectivity index (χ1n) is 12.0. The zero-order chi connectivity index (χ0) is 25.6. The quantitative estimate of drug-likeness (QED) is 0.540. The molecule has 11 heteroatoms. The average molecular weight is 499 g/mol. The van der Waals surface area contributed by atoms with Gasteiger partial charge in [-0.15, -0.1) is 0 Å². The summed E-state index contributed by atoms with van der Waals surface area (Å²) in [5.74, 6) is -0.293. The van der Waals surface area contributed by atoms with E-state index in [9.17, 15) is 23.5 Å². The summed E-state index contributed by atoms with van der Waals surface area (Å²) in [6, 6.07) is 6.57. The first kappa shape index (κ1) is 24.2. The highest BCUT2D eigenvalue weighted by atomic mass is 19.3. The molecule has 36 heavy (non-hydrogen) atoms. The number of carbonyl (C=O) groups is 2. The van der Waals surface area contributed by atoms with Gasteiger partial charge < -0.3 is 15.3 Å². The van der Waals surface area contributed by atoms with Gasteiger partial charge >= 0.3 is 0 Å². The second kappa shape index (κ2) is 9.20. The van der Waals surface area contributed by atoms with Gasteiger partial charge in [0.1, 0.15) is 5.69 Å². The van der Waals surface area contributed by atoms with Gasteiger partial charge in [0.15, 0.2) is 0 Å². The van der Waals surface area contributed by atoms with Crippen LogP contribution in [-0.4, -0.2) is 66.3 Å². The lowest BCUT2D eigenvalue weighted by atomic mass is 9.88. The van der Waals surface area contributed by atoms with Crippen molar-refractivity contribution in [3.63, 3.8) is 0 Å². The number of hydrogen-bond donors (Lipinski definition) is 2. The fraction of sp³-hybridized carbons (Fsp3) is 0.480. The molecule has 0 unspecified atom stereocenters. The van der Waals surface area contributed by atoms with Gasteiger partial charge in [-0.1, -0.05) is 18.2 Å². The summed E-state index contributed by atoms with van der Waals surface area (Å²) in [5, 5.41) is 16.9. The highest BCUT2D eigenvalue weighted by molar-refractivity contribution is 5.94. The van der Waals surface area contributed by atoms with E-state index in [1.807, 2.05) is 4.90 Å². The van der Waals surface area contributed by atoms with E-state index in [0.717, 1.165) is 12.8 Å².